The van der Waals surface area contributed by atoms with Crippen LogP contribution in [-0.4, -0.2) is 25.9 Å². The Hall–Kier alpha value is -1.68. The number of nitrogens with zero attached hydrogens (tertiary/aromatic N) is 4. The largest absolute Gasteiger partial charge is 0.493 e. The lowest BCUT2D eigenvalue weighted by Gasteiger charge is -2.22. The predicted octanol–water partition coefficient (Wildman–Crippen LogP) is 0.990. The summed E-state index contributed by atoms with van der Waals surface area (Å²) in [5.41, 5.74) is 0. The second-order valence-electron chi connectivity index (χ2n) is 2.74. The molecule has 0 aromatic carbocycles. The molecule has 2 heterocycles. The molecule has 14 heavy (non-hydrogen) atoms. The molecule has 0 saturated carbocycles. The third-order valence-corrected chi connectivity index (χ3v) is 2.71. The van der Waals surface area contributed by atoms with E-state index in [4.69, 9.17) is 5.26 Å². The van der Waals surface area contributed by atoms with Crippen molar-refractivity contribution in [1.29, 1.82) is 5.26 Å². The van der Waals surface area contributed by atoms with Crippen molar-refractivity contribution in [2.24, 2.45) is 0 Å². The van der Waals surface area contributed by atoms with E-state index in [0.29, 0.717) is 10.9 Å². The topological polar surface area (TPSA) is 86.8 Å². The van der Waals surface area contributed by atoms with Crippen molar-refractivity contribution in [3.63, 3.8) is 0 Å². The van der Waals surface area contributed by atoms with Gasteiger partial charge in [-0.2, -0.15) is 20.0 Å². The van der Waals surface area contributed by atoms with Gasteiger partial charge in [0.15, 0.2) is 0 Å². The van der Waals surface area contributed by atoms with Gasteiger partial charge in [0.2, 0.25) is 11.8 Å². The number of fused-ring (bicyclic) bond motifs is 1. The first-order valence-corrected chi connectivity index (χ1v) is 4.71. The summed E-state index contributed by atoms with van der Waals surface area (Å²) in [6.45, 7) is 1.84. The standard InChI is InChI=1S/C7H7N5OS/c1-4-5(14-2-8)6(13)12-7(11-4)9-3-10-12/h3-4,13H,1H3,(H,9,10,11). The monoisotopic (exact) mass is 209 g/mol. The van der Waals surface area contributed by atoms with Gasteiger partial charge >= 0.3 is 0 Å². The van der Waals surface area contributed by atoms with Gasteiger partial charge in [0, 0.05) is 0 Å². The van der Waals surface area contributed by atoms with Crippen LogP contribution in [0.3, 0.4) is 0 Å². The number of nitriles is 1. The lowest BCUT2D eigenvalue weighted by Crippen LogP contribution is -2.26. The van der Waals surface area contributed by atoms with Crippen molar-refractivity contribution < 1.29 is 5.11 Å². The highest BCUT2D eigenvalue weighted by Crippen LogP contribution is 2.30. The number of aliphatic hydroxyl groups is 1. The van der Waals surface area contributed by atoms with Crippen molar-refractivity contribution >= 4 is 23.6 Å². The van der Waals surface area contributed by atoms with Crippen LogP contribution in [0.5, 0.6) is 0 Å². The quantitative estimate of drug-likeness (QED) is 0.671. The highest BCUT2D eigenvalue weighted by Gasteiger charge is 2.25. The molecule has 1 aromatic rings. The molecular formula is C7H7N5OS. The lowest BCUT2D eigenvalue weighted by atomic mass is 10.3. The fourth-order valence-corrected chi connectivity index (χ4v) is 1.75. The van der Waals surface area contributed by atoms with Crippen molar-refractivity contribution in [1.82, 2.24) is 14.8 Å². The minimum Gasteiger partial charge on any atom is -0.493 e. The fraction of sp³-hybridized carbons (Fsp3) is 0.286. The van der Waals surface area contributed by atoms with Crippen molar-refractivity contribution in [3.8, 4) is 5.40 Å². The smallest absolute Gasteiger partial charge is 0.229 e. The Balaban J connectivity index is 2.49. The Morgan fingerprint density at radius 2 is 2.57 bits per heavy atom. The van der Waals surface area contributed by atoms with E-state index in [1.165, 1.54) is 11.0 Å². The van der Waals surface area contributed by atoms with E-state index in [-0.39, 0.29) is 11.9 Å². The van der Waals surface area contributed by atoms with Crippen LogP contribution in [0.25, 0.3) is 5.88 Å². The molecule has 72 valence electrons. The summed E-state index contributed by atoms with van der Waals surface area (Å²) in [5, 5.41) is 27.0. The van der Waals surface area contributed by atoms with Crippen LogP contribution in [0.4, 0.5) is 5.95 Å². The van der Waals surface area contributed by atoms with E-state index in [9.17, 15) is 5.11 Å². The number of hydrogen-bond donors (Lipinski definition) is 2. The molecule has 1 aliphatic rings. The summed E-state index contributed by atoms with van der Waals surface area (Å²) in [6, 6.07) is -0.128. The first-order valence-electron chi connectivity index (χ1n) is 3.90. The maximum atomic E-state index is 9.74. The zero-order valence-corrected chi connectivity index (χ0v) is 8.12. The Bertz CT molecular complexity index is 432. The number of aliphatic hydroxyl groups excluding tert-OH is 1. The normalized spacial score (nSPS) is 19.9. The van der Waals surface area contributed by atoms with E-state index >= 15 is 0 Å². The van der Waals surface area contributed by atoms with Crippen LogP contribution >= 0.6 is 11.8 Å². The van der Waals surface area contributed by atoms with Gasteiger partial charge in [-0.15, -0.1) is 0 Å². The molecule has 0 saturated heterocycles. The van der Waals surface area contributed by atoms with Crippen LogP contribution in [0.2, 0.25) is 0 Å². The van der Waals surface area contributed by atoms with Crippen LogP contribution in [0, 0.1) is 10.7 Å². The number of thiocyanates is 1. The van der Waals surface area contributed by atoms with Crippen molar-refractivity contribution in [3.05, 3.63) is 11.2 Å². The molecular weight excluding hydrogens is 202 g/mol. The van der Waals surface area contributed by atoms with E-state index in [1.54, 1.807) is 0 Å². The fourth-order valence-electron chi connectivity index (χ4n) is 1.24. The second-order valence-corrected chi connectivity index (χ2v) is 3.57. The molecule has 2 rings (SSSR count). The van der Waals surface area contributed by atoms with Crippen LogP contribution in [-0.2, 0) is 0 Å². The number of anilines is 1. The SMILES string of the molecule is CC1Nc2ncnn2C(O)=C1SC#N. The van der Waals surface area contributed by atoms with Gasteiger partial charge in [-0.1, -0.05) is 0 Å². The van der Waals surface area contributed by atoms with Crippen molar-refractivity contribution in [2.75, 3.05) is 5.32 Å². The number of nitrogens with one attached hydrogen (secondary N) is 1. The van der Waals surface area contributed by atoms with Gasteiger partial charge < -0.3 is 10.4 Å². The Morgan fingerprint density at radius 3 is 3.29 bits per heavy atom. The van der Waals surface area contributed by atoms with E-state index in [1.807, 2.05) is 12.3 Å². The van der Waals surface area contributed by atoms with Gasteiger partial charge in [0.25, 0.3) is 0 Å². The Kier molecular flexibility index (Phi) is 2.05. The number of aromatic nitrogens is 3. The molecule has 0 aliphatic carbocycles. The molecule has 2 N–H and O–H groups in total. The van der Waals surface area contributed by atoms with Crippen molar-refractivity contribution in [2.45, 2.75) is 13.0 Å². The third kappa shape index (κ3) is 1.20. The average molecular weight is 209 g/mol. The van der Waals surface area contributed by atoms with E-state index in [2.05, 4.69) is 15.4 Å². The first-order chi connectivity index (χ1) is 6.74. The second kappa shape index (κ2) is 3.23. The number of hydrogen-bond acceptors (Lipinski definition) is 6. The lowest BCUT2D eigenvalue weighted by molar-refractivity contribution is 0.449. The zero-order valence-electron chi connectivity index (χ0n) is 7.30. The molecule has 0 amide bonds. The van der Waals surface area contributed by atoms with Gasteiger partial charge in [-0.05, 0) is 18.7 Å². The third-order valence-electron chi connectivity index (χ3n) is 1.86. The Labute approximate surface area is 84.2 Å². The van der Waals surface area contributed by atoms with E-state index in [0.717, 1.165) is 11.8 Å². The molecule has 1 aromatic heterocycles. The molecule has 1 aliphatic heterocycles. The summed E-state index contributed by atoms with van der Waals surface area (Å²) in [5.74, 6) is 0.451. The molecule has 0 fully saturated rings. The molecule has 0 radical (unpaired) electrons. The molecule has 1 atom stereocenters. The van der Waals surface area contributed by atoms with Crippen LogP contribution in [0.15, 0.2) is 11.2 Å². The molecule has 7 heteroatoms. The molecule has 6 nitrogen and oxygen atoms in total. The zero-order chi connectivity index (χ0) is 10.1. The molecule has 1 unspecified atom stereocenters. The Morgan fingerprint density at radius 1 is 1.79 bits per heavy atom. The summed E-state index contributed by atoms with van der Waals surface area (Å²) in [6.07, 6.45) is 1.34. The van der Waals surface area contributed by atoms with Gasteiger partial charge in [0.1, 0.15) is 11.7 Å². The molecule has 0 bridgehead atoms. The van der Waals surface area contributed by atoms with Gasteiger partial charge in [0.05, 0.1) is 10.9 Å². The minimum atomic E-state index is -0.128. The van der Waals surface area contributed by atoms with Gasteiger partial charge in [-0.25, -0.2) is 0 Å². The minimum absolute atomic E-state index is 0.0321. The number of thioether (sulfide) groups is 1. The van der Waals surface area contributed by atoms with Gasteiger partial charge in [-0.3, -0.25) is 0 Å². The summed E-state index contributed by atoms with van der Waals surface area (Å²) in [7, 11) is 0. The average Bonchev–Trinajstić information content (AvgIpc) is 2.60. The maximum Gasteiger partial charge on any atom is 0.229 e. The number of rotatable bonds is 1. The summed E-state index contributed by atoms with van der Waals surface area (Å²) < 4.78 is 1.26. The first kappa shape index (κ1) is 8.90. The van der Waals surface area contributed by atoms with Crippen LogP contribution < -0.4 is 5.32 Å². The molecule has 0 spiro atoms. The maximum absolute atomic E-state index is 9.74. The predicted molar refractivity (Wildman–Crippen MR) is 52.2 cm³/mol. The summed E-state index contributed by atoms with van der Waals surface area (Å²) >= 11 is 0.919. The highest BCUT2D eigenvalue weighted by molar-refractivity contribution is 8.07. The summed E-state index contributed by atoms with van der Waals surface area (Å²) in [4.78, 5) is 4.45. The highest BCUT2D eigenvalue weighted by atomic mass is 32.2. The van der Waals surface area contributed by atoms with Crippen LogP contribution in [0.1, 0.15) is 6.92 Å². The van der Waals surface area contributed by atoms with E-state index < -0.39 is 0 Å².